The molecule has 4 nitrogen and oxygen atoms in total. The van der Waals surface area contributed by atoms with Crippen molar-refractivity contribution < 1.29 is 9.90 Å². The minimum Gasteiger partial charge on any atom is -0.383 e. The Morgan fingerprint density at radius 2 is 1.63 bits per heavy atom. The van der Waals surface area contributed by atoms with Crippen LogP contribution in [0.5, 0.6) is 0 Å². The van der Waals surface area contributed by atoms with Gasteiger partial charge in [-0.2, -0.15) is 0 Å². The number of nitrogens with one attached hydrogen (secondary N) is 1. The van der Waals surface area contributed by atoms with E-state index in [-0.39, 0.29) is 5.91 Å². The number of hydrogen-bond acceptors (Lipinski definition) is 3. The van der Waals surface area contributed by atoms with Gasteiger partial charge in [-0.1, -0.05) is 58.3 Å². The van der Waals surface area contributed by atoms with E-state index in [0.717, 1.165) is 19.3 Å². The van der Waals surface area contributed by atoms with Gasteiger partial charge >= 0.3 is 0 Å². The molecule has 0 rings (SSSR count). The van der Waals surface area contributed by atoms with Crippen LogP contribution < -0.4 is 11.1 Å². The Hall–Kier alpha value is -0.610. The first kappa shape index (κ1) is 18.4. The fraction of sp³-hybridized carbons (Fsp3) is 0.933. The van der Waals surface area contributed by atoms with Crippen molar-refractivity contribution in [1.29, 1.82) is 0 Å². The molecule has 0 spiro atoms. The Kier molecular flexibility index (Phi) is 13.4. The Bertz CT molecular complexity index is 210. The van der Waals surface area contributed by atoms with Crippen molar-refractivity contribution >= 4 is 5.91 Å². The van der Waals surface area contributed by atoms with E-state index in [0.29, 0.717) is 19.5 Å². The summed E-state index contributed by atoms with van der Waals surface area (Å²) in [5, 5.41) is 12.3. The molecule has 1 amide bonds. The lowest BCUT2D eigenvalue weighted by atomic mass is 10.1. The van der Waals surface area contributed by atoms with E-state index in [9.17, 15) is 9.90 Å². The molecular weight excluding hydrogens is 240 g/mol. The van der Waals surface area contributed by atoms with E-state index in [1.54, 1.807) is 0 Å². The van der Waals surface area contributed by atoms with Gasteiger partial charge in [-0.05, 0) is 19.4 Å². The summed E-state index contributed by atoms with van der Waals surface area (Å²) in [5.74, 6) is -0.253. The summed E-state index contributed by atoms with van der Waals surface area (Å²) in [4.78, 5) is 11.5. The van der Waals surface area contributed by atoms with Crippen LogP contribution in [0.15, 0.2) is 0 Å². The SMILES string of the molecule is CCCCCCCCCCC(O)C(=O)NCCCN. The molecule has 4 heteroatoms. The zero-order valence-electron chi connectivity index (χ0n) is 12.5. The highest BCUT2D eigenvalue weighted by molar-refractivity contribution is 5.80. The maximum absolute atomic E-state index is 11.5. The summed E-state index contributed by atoms with van der Waals surface area (Å²) in [6.45, 7) is 3.35. The third-order valence-electron chi connectivity index (χ3n) is 3.31. The van der Waals surface area contributed by atoms with Gasteiger partial charge in [0.05, 0.1) is 0 Å². The van der Waals surface area contributed by atoms with Crippen LogP contribution >= 0.6 is 0 Å². The zero-order chi connectivity index (χ0) is 14.3. The van der Waals surface area contributed by atoms with Crippen LogP contribution in [-0.2, 0) is 4.79 Å². The average molecular weight is 272 g/mol. The molecule has 0 saturated heterocycles. The largest absolute Gasteiger partial charge is 0.383 e. The van der Waals surface area contributed by atoms with Crippen molar-refractivity contribution in [3.63, 3.8) is 0 Å². The number of amides is 1. The van der Waals surface area contributed by atoms with Gasteiger partial charge in [-0.25, -0.2) is 0 Å². The van der Waals surface area contributed by atoms with Gasteiger partial charge in [0.25, 0.3) is 0 Å². The molecule has 0 aromatic rings. The van der Waals surface area contributed by atoms with E-state index >= 15 is 0 Å². The molecule has 0 saturated carbocycles. The summed E-state index contributed by atoms with van der Waals surface area (Å²) < 4.78 is 0. The van der Waals surface area contributed by atoms with Crippen molar-refractivity contribution in [3.8, 4) is 0 Å². The number of aliphatic hydroxyl groups is 1. The van der Waals surface area contributed by atoms with E-state index < -0.39 is 6.10 Å². The van der Waals surface area contributed by atoms with Crippen LogP contribution in [0.1, 0.15) is 71.1 Å². The molecule has 19 heavy (non-hydrogen) atoms. The molecule has 0 heterocycles. The molecule has 1 atom stereocenters. The van der Waals surface area contributed by atoms with Crippen LogP contribution in [-0.4, -0.2) is 30.2 Å². The van der Waals surface area contributed by atoms with Gasteiger partial charge in [0.1, 0.15) is 6.10 Å². The molecule has 0 fully saturated rings. The number of aliphatic hydroxyl groups excluding tert-OH is 1. The predicted octanol–water partition coefficient (Wildman–Crippen LogP) is 2.34. The normalized spacial score (nSPS) is 12.4. The van der Waals surface area contributed by atoms with Crippen molar-refractivity contribution in [1.82, 2.24) is 5.32 Å². The molecule has 0 bridgehead atoms. The fourth-order valence-corrected chi connectivity index (χ4v) is 2.03. The summed E-state index contributed by atoms with van der Waals surface area (Å²) in [6.07, 6.45) is 10.3. The zero-order valence-corrected chi connectivity index (χ0v) is 12.5. The Balaban J connectivity index is 3.32. The maximum Gasteiger partial charge on any atom is 0.248 e. The second kappa shape index (κ2) is 13.8. The number of hydrogen-bond donors (Lipinski definition) is 3. The maximum atomic E-state index is 11.5. The van der Waals surface area contributed by atoms with Crippen molar-refractivity contribution in [2.75, 3.05) is 13.1 Å². The minimum absolute atomic E-state index is 0.253. The number of carbonyl (C=O) groups is 1. The summed E-state index contributed by atoms with van der Waals surface area (Å²) in [6, 6.07) is 0. The number of rotatable bonds is 13. The average Bonchev–Trinajstić information content (AvgIpc) is 2.41. The van der Waals surface area contributed by atoms with Crippen molar-refractivity contribution in [3.05, 3.63) is 0 Å². The molecule has 114 valence electrons. The molecule has 0 radical (unpaired) electrons. The van der Waals surface area contributed by atoms with Gasteiger partial charge < -0.3 is 16.2 Å². The lowest BCUT2D eigenvalue weighted by Crippen LogP contribution is -2.35. The summed E-state index contributed by atoms with van der Waals surface area (Å²) >= 11 is 0. The van der Waals surface area contributed by atoms with Crippen LogP contribution in [0.3, 0.4) is 0 Å². The van der Waals surface area contributed by atoms with Crippen LogP contribution in [0.2, 0.25) is 0 Å². The fourth-order valence-electron chi connectivity index (χ4n) is 2.03. The highest BCUT2D eigenvalue weighted by Gasteiger charge is 2.13. The molecule has 0 aliphatic carbocycles. The van der Waals surface area contributed by atoms with Gasteiger partial charge in [-0.15, -0.1) is 0 Å². The Morgan fingerprint density at radius 3 is 2.21 bits per heavy atom. The molecule has 0 aliphatic rings. The lowest BCUT2D eigenvalue weighted by Gasteiger charge is -2.10. The quantitative estimate of drug-likeness (QED) is 0.450. The number of nitrogens with two attached hydrogens (primary N) is 1. The summed E-state index contributed by atoms with van der Waals surface area (Å²) in [5.41, 5.74) is 5.33. The highest BCUT2D eigenvalue weighted by atomic mass is 16.3. The van der Waals surface area contributed by atoms with Gasteiger partial charge in [0, 0.05) is 6.54 Å². The second-order valence-electron chi connectivity index (χ2n) is 5.21. The monoisotopic (exact) mass is 272 g/mol. The van der Waals surface area contributed by atoms with Gasteiger partial charge in [-0.3, -0.25) is 4.79 Å². The highest BCUT2D eigenvalue weighted by Crippen LogP contribution is 2.10. The predicted molar refractivity (Wildman–Crippen MR) is 79.9 cm³/mol. The first-order chi connectivity index (χ1) is 9.22. The van der Waals surface area contributed by atoms with Crippen LogP contribution in [0.4, 0.5) is 0 Å². The number of unbranched alkanes of at least 4 members (excludes halogenated alkanes) is 7. The van der Waals surface area contributed by atoms with Crippen molar-refractivity contribution in [2.45, 2.75) is 77.2 Å². The molecule has 1 unspecified atom stereocenters. The van der Waals surface area contributed by atoms with Gasteiger partial charge in [0.2, 0.25) is 5.91 Å². The van der Waals surface area contributed by atoms with E-state index in [2.05, 4.69) is 12.2 Å². The van der Waals surface area contributed by atoms with Crippen LogP contribution in [0, 0.1) is 0 Å². The third-order valence-corrected chi connectivity index (χ3v) is 3.31. The Morgan fingerprint density at radius 1 is 1.05 bits per heavy atom. The molecule has 0 aliphatic heterocycles. The Labute approximate surface area is 118 Å². The van der Waals surface area contributed by atoms with Crippen molar-refractivity contribution in [2.24, 2.45) is 5.73 Å². The molecule has 4 N–H and O–H groups in total. The van der Waals surface area contributed by atoms with Crippen LogP contribution in [0.25, 0.3) is 0 Å². The molecular formula is C15H32N2O2. The van der Waals surface area contributed by atoms with E-state index in [4.69, 9.17) is 5.73 Å². The standard InChI is InChI=1S/C15H32N2O2/c1-2-3-4-5-6-7-8-9-11-14(18)15(19)17-13-10-12-16/h14,18H,2-13,16H2,1H3,(H,17,19). The smallest absolute Gasteiger partial charge is 0.248 e. The topological polar surface area (TPSA) is 75.3 Å². The summed E-state index contributed by atoms with van der Waals surface area (Å²) in [7, 11) is 0. The number of carbonyl (C=O) groups excluding carboxylic acids is 1. The molecule has 0 aromatic carbocycles. The van der Waals surface area contributed by atoms with E-state index in [1.165, 1.54) is 38.5 Å². The lowest BCUT2D eigenvalue weighted by molar-refractivity contribution is -0.129. The first-order valence-electron chi connectivity index (χ1n) is 7.88. The third kappa shape index (κ3) is 12.2. The van der Waals surface area contributed by atoms with Gasteiger partial charge in [0.15, 0.2) is 0 Å². The van der Waals surface area contributed by atoms with E-state index in [1.807, 2.05) is 0 Å². The second-order valence-corrected chi connectivity index (χ2v) is 5.21. The minimum atomic E-state index is -0.849. The molecule has 0 aromatic heterocycles. The first-order valence-corrected chi connectivity index (χ1v) is 7.88.